The monoisotopic (exact) mass is 475 g/mol. The van der Waals surface area contributed by atoms with Crippen molar-refractivity contribution in [3.05, 3.63) is 28.8 Å². The number of rotatable bonds is 10. The van der Waals surface area contributed by atoms with Crippen molar-refractivity contribution in [2.75, 3.05) is 26.3 Å². The van der Waals surface area contributed by atoms with E-state index in [1.807, 2.05) is 12.2 Å². The summed E-state index contributed by atoms with van der Waals surface area (Å²) in [5, 5.41) is 4.44. The highest BCUT2D eigenvalue weighted by molar-refractivity contribution is 7.89. The Morgan fingerprint density at radius 3 is 2.74 bits per heavy atom. The molecule has 0 saturated carbocycles. The Kier molecular flexibility index (Phi) is 9.69. The molecule has 31 heavy (non-hydrogen) atoms. The van der Waals surface area contributed by atoms with Crippen LogP contribution in [0.15, 0.2) is 23.1 Å². The molecule has 1 aromatic rings. The van der Waals surface area contributed by atoms with Gasteiger partial charge in [-0.15, -0.1) is 0 Å². The molecule has 1 unspecified atom stereocenters. The van der Waals surface area contributed by atoms with E-state index in [4.69, 9.17) is 21.1 Å². The number of imide groups is 1. The van der Waals surface area contributed by atoms with Gasteiger partial charge in [0.1, 0.15) is 4.90 Å². The van der Waals surface area contributed by atoms with Gasteiger partial charge in [0.15, 0.2) is 6.61 Å². The first-order chi connectivity index (χ1) is 14.7. The molecule has 0 aromatic heterocycles. The van der Waals surface area contributed by atoms with E-state index in [-0.39, 0.29) is 28.1 Å². The average Bonchev–Trinajstić information content (AvgIpc) is 3.25. The molecule has 1 fully saturated rings. The van der Waals surface area contributed by atoms with Gasteiger partial charge < -0.3 is 14.8 Å². The smallest absolute Gasteiger partial charge is 0.338 e. The molecule has 1 heterocycles. The van der Waals surface area contributed by atoms with Gasteiger partial charge in [0.2, 0.25) is 10.0 Å². The first-order valence-electron chi connectivity index (χ1n) is 9.88. The Morgan fingerprint density at radius 2 is 2.06 bits per heavy atom. The van der Waals surface area contributed by atoms with Crippen LogP contribution in [-0.2, 0) is 24.3 Å². The Hall–Kier alpha value is -2.21. The predicted molar refractivity (Wildman–Crippen MR) is 112 cm³/mol. The van der Waals surface area contributed by atoms with Crippen molar-refractivity contribution >= 4 is 39.5 Å². The maximum absolute atomic E-state index is 12.6. The van der Waals surface area contributed by atoms with Gasteiger partial charge in [-0.3, -0.25) is 10.1 Å². The van der Waals surface area contributed by atoms with Crippen LogP contribution in [0.1, 0.15) is 43.0 Å². The SMILES string of the molecule is CCCCNC(=O)NC(=O)COC(=O)c1ccc(Cl)c(S(=O)(=O)NCC2CCCO2)c1. The molecule has 1 aliphatic rings. The van der Waals surface area contributed by atoms with Crippen molar-refractivity contribution in [3.63, 3.8) is 0 Å². The van der Waals surface area contributed by atoms with Crippen molar-refractivity contribution in [2.24, 2.45) is 0 Å². The number of unbranched alkanes of at least 4 members (excludes halogenated alkanes) is 1. The van der Waals surface area contributed by atoms with E-state index in [9.17, 15) is 22.8 Å². The Balaban J connectivity index is 1.93. The van der Waals surface area contributed by atoms with Crippen LogP contribution in [0.4, 0.5) is 4.79 Å². The zero-order valence-corrected chi connectivity index (χ0v) is 18.7. The van der Waals surface area contributed by atoms with Gasteiger partial charge in [0.05, 0.1) is 16.7 Å². The first-order valence-corrected chi connectivity index (χ1v) is 11.7. The molecule has 1 atom stereocenters. The van der Waals surface area contributed by atoms with Gasteiger partial charge in [0.25, 0.3) is 5.91 Å². The minimum atomic E-state index is -3.99. The fourth-order valence-electron chi connectivity index (χ4n) is 2.72. The number of ether oxygens (including phenoxy) is 2. The number of halogens is 1. The summed E-state index contributed by atoms with van der Waals surface area (Å²) in [6.45, 7) is 2.34. The number of amides is 3. The van der Waals surface area contributed by atoms with Gasteiger partial charge >= 0.3 is 12.0 Å². The van der Waals surface area contributed by atoms with Crippen LogP contribution < -0.4 is 15.4 Å². The van der Waals surface area contributed by atoms with E-state index < -0.39 is 34.5 Å². The number of urea groups is 1. The van der Waals surface area contributed by atoms with Gasteiger partial charge in [-0.2, -0.15) is 0 Å². The van der Waals surface area contributed by atoms with Crippen LogP contribution in [0.2, 0.25) is 5.02 Å². The molecule has 3 amide bonds. The summed E-state index contributed by atoms with van der Waals surface area (Å²) in [5.41, 5.74) is -0.109. The number of sulfonamides is 1. The van der Waals surface area contributed by atoms with Crippen LogP contribution in [0.25, 0.3) is 0 Å². The number of hydrogen-bond acceptors (Lipinski definition) is 7. The molecule has 1 aromatic carbocycles. The Morgan fingerprint density at radius 1 is 1.29 bits per heavy atom. The number of carbonyl (C=O) groups is 3. The van der Waals surface area contributed by atoms with Gasteiger partial charge in [-0.1, -0.05) is 24.9 Å². The molecular formula is C19H26ClN3O7S. The van der Waals surface area contributed by atoms with Gasteiger partial charge in [-0.25, -0.2) is 22.7 Å². The second-order valence-electron chi connectivity index (χ2n) is 6.87. The molecule has 2 rings (SSSR count). The highest BCUT2D eigenvalue weighted by Crippen LogP contribution is 2.23. The lowest BCUT2D eigenvalue weighted by Gasteiger charge is -2.13. The maximum Gasteiger partial charge on any atom is 0.338 e. The van der Waals surface area contributed by atoms with Crippen LogP contribution in [0, 0.1) is 0 Å². The van der Waals surface area contributed by atoms with Crippen molar-refractivity contribution in [3.8, 4) is 0 Å². The molecule has 3 N–H and O–H groups in total. The lowest BCUT2D eigenvalue weighted by molar-refractivity contribution is -0.123. The predicted octanol–water partition coefficient (Wildman–Crippen LogP) is 1.58. The first kappa shape index (κ1) is 25.1. The average molecular weight is 476 g/mol. The quantitative estimate of drug-likeness (QED) is 0.344. The minimum Gasteiger partial charge on any atom is -0.452 e. The molecule has 0 bridgehead atoms. The molecular weight excluding hydrogens is 450 g/mol. The Bertz CT molecular complexity index is 902. The molecule has 172 valence electrons. The second-order valence-corrected chi connectivity index (χ2v) is 9.01. The fraction of sp³-hybridized carbons (Fsp3) is 0.526. The molecule has 0 spiro atoms. The molecule has 1 saturated heterocycles. The normalized spacial score (nSPS) is 16.0. The highest BCUT2D eigenvalue weighted by Gasteiger charge is 2.24. The van der Waals surface area contributed by atoms with E-state index in [1.165, 1.54) is 12.1 Å². The number of carbonyl (C=O) groups excluding carboxylic acids is 3. The topological polar surface area (TPSA) is 140 Å². The van der Waals surface area contributed by atoms with Crippen molar-refractivity contribution in [2.45, 2.75) is 43.6 Å². The van der Waals surface area contributed by atoms with Crippen LogP contribution in [0.5, 0.6) is 0 Å². The minimum absolute atomic E-state index is 0.0714. The van der Waals surface area contributed by atoms with Gasteiger partial charge in [0, 0.05) is 19.7 Å². The summed E-state index contributed by atoms with van der Waals surface area (Å²) >= 11 is 6.01. The van der Waals surface area contributed by atoms with E-state index >= 15 is 0 Å². The zero-order chi connectivity index (χ0) is 22.9. The number of esters is 1. The molecule has 0 radical (unpaired) electrons. The van der Waals surface area contributed by atoms with E-state index in [2.05, 4.69) is 10.0 Å². The molecule has 0 aliphatic carbocycles. The Labute approximate surface area is 186 Å². The number of benzene rings is 1. The third-order valence-electron chi connectivity index (χ3n) is 4.38. The molecule has 10 nitrogen and oxygen atoms in total. The lowest BCUT2D eigenvalue weighted by atomic mass is 10.2. The van der Waals surface area contributed by atoms with E-state index in [0.29, 0.717) is 13.2 Å². The molecule has 12 heteroatoms. The summed E-state index contributed by atoms with van der Waals surface area (Å²) in [7, 11) is -3.99. The van der Waals surface area contributed by atoms with Crippen molar-refractivity contribution in [1.29, 1.82) is 0 Å². The standard InChI is InChI=1S/C19H26ClN3O7S/c1-2-3-8-21-19(26)23-17(24)12-30-18(25)13-6-7-15(20)16(10-13)31(27,28)22-11-14-5-4-9-29-14/h6-7,10,14,22H,2-5,8-9,11-12H2,1H3,(H2,21,23,24,26). The summed E-state index contributed by atoms with van der Waals surface area (Å²) in [4.78, 5) is 35.2. The number of nitrogens with one attached hydrogen (secondary N) is 3. The van der Waals surface area contributed by atoms with Gasteiger partial charge in [-0.05, 0) is 37.5 Å². The largest absolute Gasteiger partial charge is 0.452 e. The summed E-state index contributed by atoms with van der Waals surface area (Å²) < 4.78 is 37.8. The summed E-state index contributed by atoms with van der Waals surface area (Å²) in [5.74, 6) is -1.75. The van der Waals surface area contributed by atoms with E-state index in [0.717, 1.165) is 31.7 Å². The number of hydrogen-bond donors (Lipinski definition) is 3. The van der Waals surface area contributed by atoms with E-state index in [1.54, 1.807) is 0 Å². The third-order valence-corrected chi connectivity index (χ3v) is 6.29. The highest BCUT2D eigenvalue weighted by atomic mass is 35.5. The maximum atomic E-state index is 12.6. The summed E-state index contributed by atoms with van der Waals surface area (Å²) in [6, 6.07) is 2.91. The van der Waals surface area contributed by atoms with Crippen LogP contribution in [0.3, 0.4) is 0 Å². The van der Waals surface area contributed by atoms with Crippen LogP contribution in [-0.4, -0.2) is 58.7 Å². The van der Waals surface area contributed by atoms with Crippen LogP contribution >= 0.6 is 11.6 Å². The zero-order valence-electron chi connectivity index (χ0n) is 17.1. The molecule has 1 aliphatic heterocycles. The summed E-state index contributed by atoms with van der Waals surface area (Å²) in [6.07, 6.45) is 3.05. The van der Waals surface area contributed by atoms with Crippen molar-refractivity contribution < 1.29 is 32.3 Å². The fourth-order valence-corrected chi connectivity index (χ4v) is 4.31. The third kappa shape index (κ3) is 8.09. The lowest BCUT2D eigenvalue weighted by Crippen LogP contribution is -2.41. The second kappa shape index (κ2) is 12.0. The van der Waals surface area contributed by atoms with Crippen molar-refractivity contribution in [1.82, 2.24) is 15.4 Å².